The molecular weight excluding hydrogens is 430 g/mol. The molecule has 7 nitrogen and oxygen atoms in total. The maximum absolute atomic E-state index is 13.1. The Morgan fingerprint density at radius 2 is 1.56 bits per heavy atom. The fourth-order valence-corrected chi connectivity index (χ4v) is 5.42. The zero-order valence-corrected chi connectivity index (χ0v) is 18.8. The number of carbonyl (C=O) groups excluding carboxylic acids is 1. The number of esters is 1. The number of rotatable bonds is 6. The van der Waals surface area contributed by atoms with Gasteiger partial charge in [-0.1, -0.05) is 36.4 Å². The second-order valence-electron chi connectivity index (χ2n) is 7.59. The van der Waals surface area contributed by atoms with Crippen LogP contribution in [0.2, 0.25) is 0 Å². The van der Waals surface area contributed by atoms with Crippen LogP contribution in [0.5, 0.6) is 17.2 Å². The molecule has 0 aliphatic carbocycles. The number of fused-ring (bicyclic) bond motifs is 1. The fourth-order valence-electron chi connectivity index (χ4n) is 3.93. The van der Waals surface area contributed by atoms with Crippen molar-refractivity contribution < 1.29 is 27.4 Å². The Hall–Kier alpha value is -3.10. The number of carbonyl (C=O) groups is 1. The van der Waals surface area contributed by atoms with E-state index in [-0.39, 0.29) is 29.9 Å². The van der Waals surface area contributed by atoms with Gasteiger partial charge in [-0.05, 0) is 36.4 Å². The number of piperidine rings is 1. The molecule has 1 saturated heterocycles. The van der Waals surface area contributed by atoms with Gasteiger partial charge in [0.2, 0.25) is 10.0 Å². The van der Waals surface area contributed by atoms with Crippen LogP contribution in [-0.4, -0.2) is 46.0 Å². The first kappa shape index (κ1) is 22.1. The number of benzene rings is 3. The molecule has 1 aliphatic rings. The molecule has 0 radical (unpaired) electrons. The van der Waals surface area contributed by atoms with Gasteiger partial charge in [-0.2, -0.15) is 4.31 Å². The summed E-state index contributed by atoms with van der Waals surface area (Å²) in [5, 5.41) is 1.87. The van der Waals surface area contributed by atoms with Crippen LogP contribution in [-0.2, 0) is 14.8 Å². The predicted octanol–water partition coefficient (Wildman–Crippen LogP) is 3.86. The Kier molecular flexibility index (Phi) is 6.34. The Labute approximate surface area is 187 Å². The number of methoxy groups -OCH3 is 2. The minimum absolute atomic E-state index is 0.131. The molecule has 0 atom stereocenters. The van der Waals surface area contributed by atoms with Crippen LogP contribution in [0.15, 0.2) is 65.6 Å². The smallest absolute Gasteiger partial charge is 0.314 e. The van der Waals surface area contributed by atoms with Crippen molar-refractivity contribution in [2.24, 2.45) is 5.92 Å². The predicted molar refractivity (Wildman–Crippen MR) is 121 cm³/mol. The lowest BCUT2D eigenvalue weighted by atomic mass is 9.98. The molecule has 0 spiro atoms. The standard InChI is InChI=1S/C24H25NO6S/c1-29-22-11-10-19(16-23(22)30-2)32(27,28)25-14-12-18(13-15-25)24(26)31-21-9-5-7-17-6-3-4-8-20(17)21/h3-11,16,18H,12-15H2,1-2H3. The third kappa shape index (κ3) is 4.28. The first-order valence-electron chi connectivity index (χ1n) is 10.4. The second-order valence-corrected chi connectivity index (χ2v) is 9.53. The van der Waals surface area contributed by atoms with Gasteiger partial charge in [0.05, 0.1) is 25.0 Å². The van der Waals surface area contributed by atoms with Crippen molar-refractivity contribution in [1.29, 1.82) is 0 Å². The number of sulfonamides is 1. The van der Waals surface area contributed by atoms with Crippen molar-refractivity contribution in [1.82, 2.24) is 4.31 Å². The number of nitrogens with zero attached hydrogens (tertiary/aromatic N) is 1. The van der Waals surface area contributed by atoms with Crippen LogP contribution in [0.4, 0.5) is 0 Å². The van der Waals surface area contributed by atoms with Gasteiger partial charge in [-0.25, -0.2) is 8.42 Å². The number of hydrogen-bond donors (Lipinski definition) is 0. The van der Waals surface area contributed by atoms with E-state index in [0.29, 0.717) is 30.1 Å². The van der Waals surface area contributed by atoms with Crippen molar-refractivity contribution in [3.05, 3.63) is 60.7 Å². The molecule has 168 valence electrons. The van der Waals surface area contributed by atoms with Crippen molar-refractivity contribution in [2.45, 2.75) is 17.7 Å². The summed E-state index contributed by atoms with van der Waals surface area (Å²) >= 11 is 0. The van der Waals surface area contributed by atoms with E-state index >= 15 is 0 Å². The van der Waals surface area contributed by atoms with Crippen molar-refractivity contribution >= 4 is 26.8 Å². The lowest BCUT2D eigenvalue weighted by molar-refractivity contribution is -0.140. The van der Waals surface area contributed by atoms with Crippen LogP contribution >= 0.6 is 0 Å². The maximum atomic E-state index is 13.1. The molecular formula is C24H25NO6S. The van der Waals surface area contributed by atoms with Crippen LogP contribution in [0.25, 0.3) is 10.8 Å². The highest BCUT2D eigenvalue weighted by Crippen LogP contribution is 2.32. The molecule has 32 heavy (non-hydrogen) atoms. The molecule has 1 fully saturated rings. The van der Waals surface area contributed by atoms with E-state index in [4.69, 9.17) is 14.2 Å². The molecule has 0 saturated carbocycles. The summed E-state index contributed by atoms with van der Waals surface area (Å²) in [6, 6.07) is 17.8. The zero-order chi connectivity index (χ0) is 22.7. The van der Waals surface area contributed by atoms with Crippen molar-refractivity contribution in [3.8, 4) is 17.2 Å². The first-order chi connectivity index (χ1) is 15.4. The molecule has 3 aromatic carbocycles. The second kappa shape index (κ2) is 9.18. The topological polar surface area (TPSA) is 82.1 Å². The molecule has 0 bridgehead atoms. The Balaban J connectivity index is 1.44. The summed E-state index contributed by atoms with van der Waals surface area (Å²) in [5.41, 5.74) is 0. The Morgan fingerprint density at radius 3 is 2.28 bits per heavy atom. The highest BCUT2D eigenvalue weighted by Gasteiger charge is 2.33. The lowest BCUT2D eigenvalue weighted by Crippen LogP contribution is -2.41. The molecule has 1 heterocycles. The van der Waals surface area contributed by atoms with E-state index in [9.17, 15) is 13.2 Å². The summed E-state index contributed by atoms with van der Waals surface area (Å²) < 4.78 is 43.7. The summed E-state index contributed by atoms with van der Waals surface area (Å²) in [4.78, 5) is 12.9. The number of hydrogen-bond acceptors (Lipinski definition) is 6. The molecule has 0 amide bonds. The first-order valence-corrected chi connectivity index (χ1v) is 11.8. The van der Waals surface area contributed by atoms with E-state index in [0.717, 1.165) is 10.8 Å². The Bertz CT molecular complexity index is 1230. The fraction of sp³-hybridized carbons (Fsp3) is 0.292. The molecule has 3 aromatic rings. The Morgan fingerprint density at radius 1 is 0.875 bits per heavy atom. The summed E-state index contributed by atoms with van der Waals surface area (Å²) in [5.74, 6) is 0.646. The molecule has 8 heteroatoms. The van der Waals surface area contributed by atoms with Gasteiger partial charge in [-0.3, -0.25) is 4.79 Å². The van der Waals surface area contributed by atoms with Crippen LogP contribution in [0, 0.1) is 5.92 Å². The van der Waals surface area contributed by atoms with Crippen LogP contribution < -0.4 is 14.2 Å². The minimum atomic E-state index is -3.71. The molecule has 1 aliphatic heterocycles. The van der Waals surface area contributed by atoms with Gasteiger partial charge >= 0.3 is 5.97 Å². The monoisotopic (exact) mass is 455 g/mol. The van der Waals surface area contributed by atoms with Gasteiger partial charge in [0.15, 0.2) is 11.5 Å². The van der Waals surface area contributed by atoms with E-state index < -0.39 is 10.0 Å². The van der Waals surface area contributed by atoms with Crippen molar-refractivity contribution in [2.75, 3.05) is 27.3 Å². The SMILES string of the molecule is COc1ccc(S(=O)(=O)N2CCC(C(=O)Oc3cccc4ccccc34)CC2)cc1OC. The van der Waals surface area contributed by atoms with Crippen LogP contribution in [0.3, 0.4) is 0 Å². The van der Waals surface area contributed by atoms with Gasteiger partial charge in [0, 0.05) is 24.5 Å². The molecule has 0 aromatic heterocycles. The van der Waals surface area contributed by atoms with Crippen LogP contribution in [0.1, 0.15) is 12.8 Å². The highest BCUT2D eigenvalue weighted by molar-refractivity contribution is 7.89. The molecule has 4 rings (SSSR count). The largest absolute Gasteiger partial charge is 0.493 e. The molecule has 0 N–H and O–H groups in total. The van der Waals surface area contributed by atoms with Gasteiger partial charge in [0.1, 0.15) is 5.75 Å². The summed E-state index contributed by atoms with van der Waals surface area (Å²) in [6.07, 6.45) is 0.798. The third-order valence-electron chi connectivity index (χ3n) is 5.74. The zero-order valence-electron chi connectivity index (χ0n) is 18.0. The third-order valence-corrected chi connectivity index (χ3v) is 7.63. The quantitative estimate of drug-likeness (QED) is 0.415. The average molecular weight is 456 g/mol. The summed E-state index contributed by atoms with van der Waals surface area (Å²) in [6.45, 7) is 0.484. The maximum Gasteiger partial charge on any atom is 0.314 e. The van der Waals surface area contributed by atoms with Gasteiger partial charge < -0.3 is 14.2 Å². The van der Waals surface area contributed by atoms with E-state index in [1.54, 1.807) is 12.1 Å². The number of ether oxygens (including phenoxy) is 3. The van der Waals surface area contributed by atoms with E-state index in [1.807, 2.05) is 36.4 Å². The van der Waals surface area contributed by atoms with Crippen molar-refractivity contribution in [3.63, 3.8) is 0 Å². The lowest BCUT2D eigenvalue weighted by Gasteiger charge is -2.30. The van der Waals surface area contributed by atoms with Gasteiger partial charge in [-0.15, -0.1) is 0 Å². The van der Waals surface area contributed by atoms with E-state index in [1.165, 1.54) is 30.7 Å². The highest BCUT2D eigenvalue weighted by atomic mass is 32.2. The minimum Gasteiger partial charge on any atom is -0.493 e. The molecule has 0 unspecified atom stereocenters. The summed E-state index contributed by atoms with van der Waals surface area (Å²) in [7, 11) is -0.757. The van der Waals surface area contributed by atoms with E-state index in [2.05, 4.69) is 0 Å². The van der Waals surface area contributed by atoms with Gasteiger partial charge in [0.25, 0.3) is 0 Å². The average Bonchev–Trinajstić information content (AvgIpc) is 2.83. The normalized spacial score (nSPS) is 15.4.